The average Bonchev–Trinajstić information content (AvgIpc) is 3.34. The number of nitrogens with one attached hydrogen (secondary N) is 1. The molecular formula is C26H33N5O3. The van der Waals surface area contributed by atoms with Crippen molar-refractivity contribution in [2.24, 2.45) is 0 Å². The van der Waals surface area contributed by atoms with E-state index in [9.17, 15) is 4.79 Å². The van der Waals surface area contributed by atoms with Crippen molar-refractivity contribution in [2.75, 3.05) is 57.9 Å². The standard InChI is InChI=1S/C26H33N5O3/c1-3-34-25(32)30-15-13-29(14-16-30)23-9-12-28-31-18-21(17-24(23)31)20-5-7-22(8-6-20)26(33-2)10-4-11-27-19-26/h5-9,12,17-18,27H,3-4,10-11,13-16,19H2,1-2H3/t26-/m1/s1. The minimum Gasteiger partial charge on any atom is -0.450 e. The van der Waals surface area contributed by atoms with Crippen molar-refractivity contribution in [3.8, 4) is 11.1 Å². The average molecular weight is 464 g/mol. The first-order valence-electron chi connectivity index (χ1n) is 12.1. The van der Waals surface area contributed by atoms with E-state index in [1.54, 1.807) is 12.0 Å². The SMILES string of the molecule is CCOC(=O)N1CCN(c2ccnn3cc(-c4ccc([C@@]5(OC)CCCNC5)cc4)cc23)CC1. The molecule has 2 aromatic heterocycles. The van der Waals surface area contributed by atoms with Gasteiger partial charge in [-0.2, -0.15) is 5.10 Å². The second-order valence-corrected chi connectivity index (χ2v) is 9.00. The van der Waals surface area contributed by atoms with E-state index < -0.39 is 0 Å². The van der Waals surface area contributed by atoms with Gasteiger partial charge in [-0.3, -0.25) is 0 Å². The predicted molar refractivity (Wildman–Crippen MR) is 132 cm³/mol. The van der Waals surface area contributed by atoms with Crippen molar-refractivity contribution in [1.82, 2.24) is 19.8 Å². The van der Waals surface area contributed by atoms with Gasteiger partial charge in [0.25, 0.3) is 0 Å². The number of anilines is 1. The fourth-order valence-electron chi connectivity index (χ4n) is 5.15. The number of carbonyl (C=O) groups excluding carboxylic acids is 1. The van der Waals surface area contributed by atoms with Crippen molar-refractivity contribution in [3.63, 3.8) is 0 Å². The van der Waals surface area contributed by atoms with Crippen LogP contribution in [0.1, 0.15) is 25.3 Å². The maximum absolute atomic E-state index is 12.0. The topological polar surface area (TPSA) is 71.3 Å². The second kappa shape index (κ2) is 9.64. The third-order valence-electron chi connectivity index (χ3n) is 7.11. The van der Waals surface area contributed by atoms with Gasteiger partial charge in [0.15, 0.2) is 0 Å². The molecule has 0 radical (unpaired) electrons. The normalized spacial score (nSPS) is 21.1. The van der Waals surface area contributed by atoms with E-state index in [0.29, 0.717) is 19.7 Å². The number of ether oxygens (including phenoxy) is 2. The van der Waals surface area contributed by atoms with Crippen molar-refractivity contribution in [3.05, 3.63) is 54.4 Å². The maximum Gasteiger partial charge on any atom is 0.409 e. The highest BCUT2D eigenvalue weighted by Gasteiger charge is 2.33. The Morgan fingerprint density at radius 1 is 1.12 bits per heavy atom. The number of hydrogen-bond donors (Lipinski definition) is 1. The Balaban J connectivity index is 1.36. The van der Waals surface area contributed by atoms with Crippen LogP contribution in [-0.2, 0) is 15.1 Å². The zero-order chi connectivity index (χ0) is 23.5. The van der Waals surface area contributed by atoms with Crippen LogP contribution in [0.15, 0.2) is 48.8 Å². The molecule has 1 N–H and O–H groups in total. The summed E-state index contributed by atoms with van der Waals surface area (Å²) >= 11 is 0. The smallest absolute Gasteiger partial charge is 0.409 e. The number of benzene rings is 1. The summed E-state index contributed by atoms with van der Waals surface area (Å²) in [6.07, 6.45) is 5.84. The van der Waals surface area contributed by atoms with Gasteiger partial charge >= 0.3 is 6.09 Å². The quantitative estimate of drug-likeness (QED) is 0.625. The molecule has 2 saturated heterocycles. The van der Waals surface area contributed by atoms with Crippen LogP contribution in [0.2, 0.25) is 0 Å². The highest BCUT2D eigenvalue weighted by atomic mass is 16.6. The van der Waals surface area contributed by atoms with Gasteiger partial charge in [-0.25, -0.2) is 9.31 Å². The van der Waals surface area contributed by atoms with Gasteiger partial charge in [-0.1, -0.05) is 24.3 Å². The van der Waals surface area contributed by atoms with Gasteiger partial charge in [-0.15, -0.1) is 0 Å². The molecule has 8 nitrogen and oxygen atoms in total. The zero-order valence-corrected chi connectivity index (χ0v) is 20.0. The van der Waals surface area contributed by atoms with E-state index in [0.717, 1.165) is 61.4 Å². The summed E-state index contributed by atoms with van der Waals surface area (Å²) in [7, 11) is 1.81. The number of amides is 1. The molecule has 1 atom stereocenters. The molecular weight excluding hydrogens is 430 g/mol. The lowest BCUT2D eigenvalue weighted by atomic mass is 9.85. The van der Waals surface area contributed by atoms with Gasteiger partial charge in [-0.05, 0) is 49.6 Å². The molecule has 1 amide bonds. The number of methoxy groups -OCH3 is 1. The zero-order valence-electron chi connectivity index (χ0n) is 20.0. The van der Waals surface area contributed by atoms with Crippen LogP contribution in [0.4, 0.5) is 10.5 Å². The van der Waals surface area contributed by atoms with E-state index in [4.69, 9.17) is 9.47 Å². The molecule has 34 heavy (non-hydrogen) atoms. The van der Waals surface area contributed by atoms with Crippen LogP contribution in [0, 0.1) is 0 Å². The predicted octanol–water partition coefficient (Wildman–Crippen LogP) is 3.50. The van der Waals surface area contributed by atoms with Gasteiger partial charge in [0, 0.05) is 57.8 Å². The molecule has 5 rings (SSSR count). The Labute approximate surface area is 200 Å². The number of fused-ring (bicyclic) bond motifs is 1. The lowest BCUT2D eigenvalue weighted by molar-refractivity contribution is -0.0333. The van der Waals surface area contributed by atoms with Gasteiger partial charge in [0.1, 0.15) is 5.60 Å². The molecule has 0 aliphatic carbocycles. The summed E-state index contributed by atoms with van der Waals surface area (Å²) in [6.45, 7) is 6.96. The van der Waals surface area contributed by atoms with E-state index in [-0.39, 0.29) is 11.7 Å². The fourth-order valence-corrected chi connectivity index (χ4v) is 5.15. The third kappa shape index (κ3) is 4.23. The first-order chi connectivity index (χ1) is 16.6. The van der Waals surface area contributed by atoms with Crippen molar-refractivity contribution in [1.29, 1.82) is 0 Å². The van der Waals surface area contributed by atoms with Crippen molar-refractivity contribution < 1.29 is 14.3 Å². The third-order valence-corrected chi connectivity index (χ3v) is 7.11. The summed E-state index contributed by atoms with van der Waals surface area (Å²) in [5.41, 5.74) is 5.45. The largest absolute Gasteiger partial charge is 0.450 e. The van der Waals surface area contributed by atoms with Crippen LogP contribution in [0.25, 0.3) is 16.6 Å². The molecule has 0 unspecified atom stereocenters. The molecule has 0 saturated carbocycles. The molecule has 4 heterocycles. The number of piperidine rings is 1. The number of piperazine rings is 1. The summed E-state index contributed by atoms with van der Waals surface area (Å²) in [5, 5.41) is 8.01. The molecule has 0 spiro atoms. The van der Waals surface area contributed by atoms with E-state index in [1.165, 1.54) is 5.56 Å². The Bertz CT molecular complexity index is 1130. The van der Waals surface area contributed by atoms with Gasteiger partial charge in [0.2, 0.25) is 0 Å². The maximum atomic E-state index is 12.0. The fraction of sp³-hybridized carbons (Fsp3) is 0.462. The number of carbonyl (C=O) groups is 1. The van der Waals surface area contributed by atoms with Crippen molar-refractivity contribution in [2.45, 2.75) is 25.4 Å². The molecule has 2 aliphatic rings. The Morgan fingerprint density at radius 2 is 1.91 bits per heavy atom. The van der Waals surface area contributed by atoms with E-state index in [1.807, 2.05) is 17.6 Å². The summed E-state index contributed by atoms with van der Waals surface area (Å²) in [6, 6.07) is 13.0. The highest BCUT2D eigenvalue weighted by molar-refractivity contribution is 5.80. The minimum absolute atomic E-state index is 0.227. The first-order valence-corrected chi connectivity index (χ1v) is 12.1. The number of aromatic nitrogens is 2. The van der Waals surface area contributed by atoms with Crippen LogP contribution < -0.4 is 10.2 Å². The highest BCUT2D eigenvalue weighted by Crippen LogP contribution is 2.34. The van der Waals surface area contributed by atoms with Gasteiger partial charge in [0.05, 0.1) is 17.8 Å². The summed E-state index contributed by atoms with van der Waals surface area (Å²) in [5.74, 6) is 0. The Kier molecular flexibility index (Phi) is 6.43. The molecule has 8 heteroatoms. The summed E-state index contributed by atoms with van der Waals surface area (Å²) < 4.78 is 13.1. The number of nitrogens with zero attached hydrogens (tertiary/aromatic N) is 4. The second-order valence-electron chi connectivity index (χ2n) is 9.00. The number of rotatable bonds is 5. The molecule has 2 fully saturated rings. The Morgan fingerprint density at radius 3 is 2.59 bits per heavy atom. The lowest BCUT2D eigenvalue weighted by Gasteiger charge is -2.37. The van der Waals surface area contributed by atoms with Crippen LogP contribution in [0.5, 0.6) is 0 Å². The van der Waals surface area contributed by atoms with Gasteiger partial charge < -0.3 is 24.6 Å². The van der Waals surface area contributed by atoms with Crippen LogP contribution in [-0.4, -0.2) is 73.6 Å². The monoisotopic (exact) mass is 463 g/mol. The van der Waals surface area contributed by atoms with E-state index >= 15 is 0 Å². The van der Waals surface area contributed by atoms with Crippen LogP contribution in [0.3, 0.4) is 0 Å². The molecule has 3 aromatic rings. The van der Waals surface area contributed by atoms with Crippen LogP contribution >= 0.6 is 0 Å². The van der Waals surface area contributed by atoms with Crippen molar-refractivity contribution >= 4 is 17.3 Å². The summed E-state index contributed by atoms with van der Waals surface area (Å²) in [4.78, 5) is 16.1. The molecule has 0 bridgehead atoms. The number of hydrogen-bond acceptors (Lipinski definition) is 6. The minimum atomic E-state index is -0.247. The first kappa shape index (κ1) is 22.7. The Hall–Kier alpha value is -3.10. The lowest BCUT2D eigenvalue weighted by Crippen LogP contribution is -2.49. The van der Waals surface area contributed by atoms with E-state index in [2.05, 4.69) is 57.9 Å². The molecule has 2 aliphatic heterocycles. The molecule has 180 valence electrons. The molecule has 1 aromatic carbocycles.